The van der Waals surface area contributed by atoms with E-state index < -0.39 is 11.5 Å². The first kappa shape index (κ1) is 9.15. The number of carbonyl (C=O) groups excluding carboxylic acids is 2. The summed E-state index contributed by atoms with van der Waals surface area (Å²) in [5.74, 6) is 4.25. The van der Waals surface area contributed by atoms with E-state index in [0.29, 0.717) is 6.42 Å². The first-order valence-corrected chi connectivity index (χ1v) is 3.87. The van der Waals surface area contributed by atoms with Gasteiger partial charge in [0.25, 0.3) is 5.91 Å². The predicted molar refractivity (Wildman–Crippen MR) is 40.7 cm³/mol. The summed E-state index contributed by atoms with van der Waals surface area (Å²) in [5, 5.41) is 2.16. The van der Waals surface area contributed by atoms with Crippen molar-refractivity contribution in [1.29, 1.82) is 0 Å². The van der Waals surface area contributed by atoms with Crippen molar-refractivity contribution in [3.05, 3.63) is 0 Å². The minimum absolute atomic E-state index is 0.0379. The Kier molecular flexibility index (Phi) is 2.44. The molecule has 0 aromatic heterocycles. The number of amides is 2. The molecule has 0 aliphatic carbocycles. The molecule has 1 fully saturated rings. The lowest BCUT2D eigenvalue weighted by atomic mass is 9.96. The molecule has 0 radical (unpaired) electrons. The SMILES string of the molecule is CCCC1(ON)CC(=O)NC1=O. The van der Waals surface area contributed by atoms with Gasteiger partial charge in [0.05, 0.1) is 6.42 Å². The standard InChI is InChI=1S/C7H12N2O3/c1-2-3-7(12-8)4-5(10)9-6(7)11/h2-4,8H2,1H3,(H,9,10,11). The molecule has 1 aliphatic heterocycles. The highest BCUT2D eigenvalue weighted by Crippen LogP contribution is 2.25. The van der Waals surface area contributed by atoms with Crippen molar-refractivity contribution in [1.82, 2.24) is 5.32 Å². The summed E-state index contributed by atoms with van der Waals surface area (Å²) >= 11 is 0. The quantitative estimate of drug-likeness (QED) is 0.442. The maximum Gasteiger partial charge on any atom is 0.261 e. The van der Waals surface area contributed by atoms with Crippen molar-refractivity contribution >= 4 is 11.8 Å². The van der Waals surface area contributed by atoms with Crippen LogP contribution in [0.4, 0.5) is 0 Å². The van der Waals surface area contributed by atoms with Gasteiger partial charge in [-0.1, -0.05) is 13.3 Å². The number of nitrogens with one attached hydrogen (secondary N) is 1. The molecular weight excluding hydrogens is 160 g/mol. The highest BCUT2D eigenvalue weighted by atomic mass is 16.6. The van der Waals surface area contributed by atoms with Crippen LogP contribution in [0.25, 0.3) is 0 Å². The van der Waals surface area contributed by atoms with E-state index in [1.807, 2.05) is 6.92 Å². The molecule has 0 aromatic rings. The maximum absolute atomic E-state index is 11.2. The van der Waals surface area contributed by atoms with E-state index in [1.54, 1.807) is 0 Å². The summed E-state index contributed by atoms with van der Waals surface area (Å²) in [4.78, 5) is 26.6. The van der Waals surface area contributed by atoms with Crippen LogP contribution in [0.2, 0.25) is 0 Å². The lowest BCUT2D eigenvalue weighted by Gasteiger charge is -2.20. The van der Waals surface area contributed by atoms with Gasteiger partial charge < -0.3 is 0 Å². The van der Waals surface area contributed by atoms with Gasteiger partial charge in [0.2, 0.25) is 5.91 Å². The fourth-order valence-electron chi connectivity index (χ4n) is 1.38. The Hall–Kier alpha value is -0.940. The van der Waals surface area contributed by atoms with E-state index in [4.69, 9.17) is 5.90 Å². The van der Waals surface area contributed by atoms with Gasteiger partial charge >= 0.3 is 0 Å². The predicted octanol–water partition coefficient (Wildman–Crippen LogP) is -0.538. The molecule has 0 spiro atoms. The largest absolute Gasteiger partial charge is 0.294 e. The van der Waals surface area contributed by atoms with Crippen LogP contribution in [0.1, 0.15) is 26.2 Å². The van der Waals surface area contributed by atoms with Crippen molar-refractivity contribution in [3.8, 4) is 0 Å². The molecule has 68 valence electrons. The molecule has 0 bridgehead atoms. The molecule has 5 heteroatoms. The van der Waals surface area contributed by atoms with E-state index in [1.165, 1.54) is 0 Å². The summed E-state index contributed by atoms with van der Waals surface area (Å²) in [5.41, 5.74) is -1.11. The second kappa shape index (κ2) is 3.20. The summed E-state index contributed by atoms with van der Waals surface area (Å²) < 4.78 is 0. The third-order valence-electron chi connectivity index (χ3n) is 1.99. The van der Waals surface area contributed by atoms with Gasteiger partial charge in [0.15, 0.2) is 5.60 Å². The fraction of sp³-hybridized carbons (Fsp3) is 0.714. The maximum atomic E-state index is 11.2. The number of rotatable bonds is 3. The molecule has 1 unspecified atom stereocenters. The molecule has 12 heavy (non-hydrogen) atoms. The minimum Gasteiger partial charge on any atom is -0.294 e. The van der Waals surface area contributed by atoms with E-state index in [2.05, 4.69) is 10.2 Å². The molecule has 2 amide bonds. The Morgan fingerprint density at radius 1 is 1.67 bits per heavy atom. The van der Waals surface area contributed by atoms with E-state index in [0.717, 1.165) is 6.42 Å². The van der Waals surface area contributed by atoms with Gasteiger partial charge in [-0.3, -0.25) is 19.7 Å². The Balaban J connectivity index is 2.78. The Morgan fingerprint density at radius 2 is 2.33 bits per heavy atom. The van der Waals surface area contributed by atoms with Crippen LogP contribution in [0, 0.1) is 0 Å². The first-order valence-electron chi connectivity index (χ1n) is 3.87. The Morgan fingerprint density at radius 3 is 2.67 bits per heavy atom. The molecule has 1 saturated heterocycles. The number of imide groups is 1. The summed E-state index contributed by atoms with van der Waals surface area (Å²) in [6.45, 7) is 1.90. The molecule has 0 aromatic carbocycles. The average Bonchev–Trinajstić information content (AvgIpc) is 2.28. The van der Waals surface area contributed by atoms with Crippen LogP contribution in [0.15, 0.2) is 0 Å². The minimum atomic E-state index is -1.11. The molecule has 0 saturated carbocycles. The summed E-state index contributed by atoms with van der Waals surface area (Å²) in [6.07, 6.45) is 1.26. The Bertz CT molecular complexity index is 217. The molecule has 1 atom stereocenters. The highest BCUT2D eigenvalue weighted by Gasteiger charge is 2.47. The first-order chi connectivity index (χ1) is 5.64. The van der Waals surface area contributed by atoms with Crippen molar-refractivity contribution in [2.75, 3.05) is 0 Å². The molecule has 5 nitrogen and oxygen atoms in total. The van der Waals surface area contributed by atoms with Crippen molar-refractivity contribution in [2.24, 2.45) is 5.90 Å². The molecule has 3 N–H and O–H groups in total. The van der Waals surface area contributed by atoms with Crippen LogP contribution in [0.5, 0.6) is 0 Å². The normalized spacial score (nSPS) is 29.2. The van der Waals surface area contributed by atoms with Crippen molar-refractivity contribution in [3.63, 3.8) is 0 Å². The van der Waals surface area contributed by atoms with Gasteiger partial charge in [-0.2, -0.15) is 0 Å². The molecule has 1 rings (SSSR count). The number of hydrogen-bond acceptors (Lipinski definition) is 4. The zero-order chi connectivity index (χ0) is 9.19. The zero-order valence-electron chi connectivity index (χ0n) is 6.92. The van der Waals surface area contributed by atoms with Crippen LogP contribution in [-0.2, 0) is 14.4 Å². The van der Waals surface area contributed by atoms with Crippen LogP contribution < -0.4 is 11.2 Å². The van der Waals surface area contributed by atoms with Gasteiger partial charge in [0.1, 0.15) is 0 Å². The fourth-order valence-corrected chi connectivity index (χ4v) is 1.38. The van der Waals surface area contributed by atoms with E-state index >= 15 is 0 Å². The molecule has 1 heterocycles. The molecule has 1 aliphatic rings. The monoisotopic (exact) mass is 172 g/mol. The second-order valence-electron chi connectivity index (χ2n) is 2.92. The summed E-state index contributed by atoms with van der Waals surface area (Å²) in [6, 6.07) is 0. The lowest BCUT2D eigenvalue weighted by Crippen LogP contribution is -2.42. The van der Waals surface area contributed by atoms with Gasteiger partial charge in [-0.05, 0) is 6.42 Å². The smallest absolute Gasteiger partial charge is 0.261 e. The zero-order valence-corrected chi connectivity index (χ0v) is 6.92. The number of carbonyl (C=O) groups is 2. The van der Waals surface area contributed by atoms with Crippen molar-refractivity contribution in [2.45, 2.75) is 31.8 Å². The van der Waals surface area contributed by atoms with Crippen LogP contribution >= 0.6 is 0 Å². The second-order valence-corrected chi connectivity index (χ2v) is 2.92. The van der Waals surface area contributed by atoms with Crippen LogP contribution in [-0.4, -0.2) is 17.4 Å². The van der Waals surface area contributed by atoms with Crippen molar-refractivity contribution < 1.29 is 14.4 Å². The van der Waals surface area contributed by atoms with E-state index in [-0.39, 0.29) is 12.3 Å². The van der Waals surface area contributed by atoms with E-state index in [9.17, 15) is 9.59 Å². The van der Waals surface area contributed by atoms with Gasteiger partial charge in [-0.25, -0.2) is 5.90 Å². The number of nitrogens with two attached hydrogens (primary N) is 1. The molecular formula is C7H12N2O3. The highest BCUT2D eigenvalue weighted by molar-refractivity contribution is 6.07. The Labute approximate surface area is 70.2 Å². The van der Waals surface area contributed by atoms with Crippen LogP contribution in [0.3, 0.4) is 0 Å². The third-order valence-corrected chi connectivity index (χ3v) is 1.99. The van der Waals surface area contributed by atoms with Gasteiger partial charge in [0, 0.05) is 0 Å². The van der Waals surface area contributed by atoms with Gasteiger partial charge in [-0.15, -0.1) is 0 Å². The average molecular weight is 172 g/mol. The topological polar surface area (TPSA) is 81.4 Å². The number of hydrogen-bond donors (Lipinski definition) is 2. The third kappa shape index (κ3) is 1.33. The lowest BCUT2D eigenvalue weighted by molar-refractivity contribution is -0.143. The summed E-state index contributed by atoms with van der Waals surface area (Å²) in [7, 11) is 0.